The van der Waals surface area contributed by atoms with Crippen LogP contribution in [0.1, 0.15) is 57.6 Å². The van der Waals surface area contributed by atoms with Crippen LogP contribution in [0.25, 0.3) is 17.3 Å². The third-order valence-corrected chi connectivity index (χ3v) is 6.77. The van der Waals surface area contributed by atoms with Crippen molar-refractivity contribution >= 4 is 11.9 Å². The van der Waals surface area contributed by atoms with Crippen LogP contribution in [-0.4, -0.2) is 27.1 Å². The number of anilines is 1. The lowest BCUT2D eigenvalue weighted by molar-refractivity contribution is 0.261. The van der Waals surface area contributed by atoms with Gasteiger partial charge in [-0.25, -0.2) is 4.79 Å². The first-order valence-electron chi connectivity index (χ1n) is 10.5. The molecule has 2 aliphatic carbocycles. The minimum absolute atomic E-state index is 0.0379. The van der Waals surface area contributed by atoms with Gasteiger partial charge >= 0.3 is 5.69 Å². The maximum absolute atomic E-state index is 12.8. The second-order valence-electron chi connectivity index (χ2n) is 9.23. The molecule has 2 aromatic rings. The van der Waals surface area contributed by atoms with E-state index < -0.39 is 5.56 Å². The van der Waals surface area contributed by atoms with Gasteiger partial charge in [0.25, 0.3) is 5.56 Å². The molecule has 0 amide bonds. The van der Waals surface area contributed by atoms with E-state index in [1.807, 2.05) is 0 Å². The van der Waals surface area contributed by atoms with E-state index in [1.165, 1.54) is 12.5 Å². The fraction of sp³-hybridized carbons (Fsp3) is 0.545. The quantitative estimate of drug-likeness (QED) is 0.601. The van der Waals surface area contributed by atoms with Crippen molar-refractivity contribution in [1.29, 1.82) is 0 Å². The van der Waals surface area contributed by atoms with Crippen LogP contribution in [0.5, 0.6) is 0 Å². The van der Waals surface area contributed by atoms with E-state index in [4.69, 9.17) is 5.73 Å². The van der Waals surface area contributed by atoms with Crippen molar-refractivity contribution in [3.05, 3.63) is 45.2 Å². The molecule has 0 bridgehead atoms. The number of hydrogen-bond acceptors (Lipinski definition) is 4. The summed E-state index contributed by atoms with van der Waals surface area (Å²) in [6, 6.07) is 2.48. The Labute approximate surface area is 170 Å². The maximum atomic E-state index is 12.8. The summed E-state index contributed by atoms with van der Waals surface area (Å²) in [7, 11) is 0. The number of nitrogens with two attached hydrogens (primary N) is 1. The molecule has 1 atom stereocenters. The molecule has 29 heavy (non-hydrogen) atoms. The number of hydrogen-bond donors (Lipinski definition) is 4. The maximum Gasteiger partial charge on any atom is 0.329 e. The Morgan fingerprint density at radius 2 is 2.00 bits per heavy atom. The molecule has 0 spiro atoms. The number of rotatable bonds is 6. The highest BCUT2D eigenvalue weighted by atomic mass is 16.2. The summed E-state index contributed by atoms with van der Waals surface area (Å²) in [5.74, 6) is 1.07. The second kappa shape index (κ2) is 7.37. The summed E-state index contributed by atoms with van der Waals surface area (Å²) in [4.78, 5) is 30.6. The van der Waals surface area contributed by atoms with Gasteiger partial charge < -0.3 is 16.0 Å². The van der Waals surface area contributed by atoms with Gasteiger partial charge in [-0.15, -0.1) is 0 Å². The number of H-pyrrole nitrogens is 2. The van der Waals surface area contributed by atoms with Crippen molar-refractivity contribution in [3.8, 4) is 11.3 Å². The summed E-state index contributed by atoms with van der Waals surface area (Å²) < 4.78 is 1.73. The van der Waals surface area contributed by atoms with Gasteiger partial charge in [0.15, 0.2) is 0 Å². The Balaban J connectivity index is 1.58. The first kappa shape index (κ1) is 19.8. The van der Waals surface area contributed by atoms with Crippen LogP contribution in [0.2, 0.25) is 0 Å². The van der Waals surface area contributed by atoms with E-state index in [2.05, 4.69) is 35.7 Å². The average molecular weight is 398 g/mol. The monoisotopic (exact) mass is 397 g/mol. The summed E-state index contributed by atoms with van der Waals surface area (Å²) >= 11 is 0. The van der Waals surface area contributed by atoms with Gasteiger partial charge in [-0.1, -0.05) is 26.5 Å². The molecule has 0 saturated heterocycles. The molecular weight excluding hydrogens is 366 g/mol. The zero-order chi connectivity index (χ0) is 20.8. The van der Waals surface area contributed by atoms with Crippen LogP contribution in [0, 0.1) is 11.3 Å². The normalized spacial score (nSPS) is 25.7. The zero-order valence-corrected chi connectivity index (χ0v) is 17.3. The van der Waals surface area contributed by atoms with E-state index in [-0.39, 0.29) is 11.7 Å². The molecule has 2 saturated carbocycles. The molecule has 7 heteroatoms. The van der Waals surface area contributed by atoms with Gasteiger partial charge in [0.05, 0.1) is 11.3 Å². The predicted molar refractivity (Wildman–Crippen MR) is 117 cm³/mol. The molecule has 2 heterocycles. The summed E-state index contributed by atoms with van der Waals surface area (Å²) in [6.45, 7) is 9.42. The molecule has 1 unspecified atom stereocenters. The number of nitrogens with zero attached hydrogens (tertiary/aromatic N) is 1. The zero-order valence-electron chi connectivity index (χ0n) is 17.3. The predicted octanol–water partition coefficient (Wildman–Crippen LogP) is 2.88. The topological polar surface area (TPSA) is 109 Å². The van der Waals surface area contributed by atoms with E-state index in [0.29, 0.717) is 40.0 Å². The fourth-order valence-electron chi connectivity index (χ4n) is 4.70. The number of aromatic amines is 2. The van der Waals surface area contributed by atoms with E-state index in [0.717, 1.165) is 32.2 Å². The Bertz CT molecular complexity index is 1020. The van der Waals surface area contributed by atoms with Gasteiger partial charge in [0.2, 0.25) is 0 Å². The Hall–Kier alpha value is -2.54. The van der Waals surface area contributed by atoms with Crippen molar-refractivity contribution < 1.29 is 0 Å². The third kappa shape index (κ3) is 3.71. The lowest BCUT2D eigenvalue weighted by Gasteiger charge is -2.31. The first-order valence-corrected chi connectivity index (χ1v) is 10.5. The number of nitrogens with one attached hydrogen (secondary N) is 3. The van der Waals surface area contributed by atoms with E-state index >= 15 is 0 Å². The molecule has 2 aromatic heterocycles. The van der Waals surface area contributed by atoms with Crippen molar-refractivity contribution in [1.82, 2.24) is 19.9 Å². The van der Waals surface area contributed by atoms with Crippen LogP contribution in [0.3, 0.4) is 0 Å². The molecule has 5 N–H and O–H groups in total. The van der Waals surface area contributed by atoms with Crippen molar-refractivity contribution in [2.45, 2.75) is 58.0 Å². The number of nitrogen functional groups attached to an aromatic ring is 1. The minimum Gasteiger partial charge on any atom is -0.385 e. The third-order valence-electron chi connectivity index (χ3n) is 6.77. The standard InChI is InChI=1S/C22H31N5O2/c1-4-15-18(16-9-10-24-19(16)23)27(21(29)26-20(15)28)14-7-5-13(6-8-14)12-25-17-11-22(17,2)3/h4,9-10,13-14,17,24-25H,1,5-8,11-12,23H2,2-3H3,(H,26,28,29). The van der Waals surface area contributed by atoms with Crippen LogP contribution >= 0.6 is 0 Å². The Morgan fingerprint density at radius 3 is 2.55 bits per heavy atom. The molecule has 156 valence electrons. The Kier molecular flexibility index (Phi) is 5.02. The Morgan fingerprint density at radius 1 is 1.31 bits per heavy atom. The molecular formula is C22H31N5O2. The fourth-order valence-corrected chi connectivity index (χ4v) is 4.70. The molecule has 2 fully saturated rings. The van der Waals surface area contributed by atoms with Crippen LogP contribution in [0.4, 0.5) is 5.82 Å². The van der Waals surface area contributed by atoms with E-state index in [1.54, 1.807) is 16.8 Å². The van der Waals surface area contributed by atoms with Gasteiger partial charge in [-0.3, -0.25) is 14.3 Å². The van der Waals surface area contributed by atoms with Crippen molar-refractivity contribution in [3.63, 3.8) is 0 Å². The van der Waals surface area contributed by atoms with Gasteiger partial charge in [-0.2, -0.15) is 0 Å². The van der Waals surface area contributed by atoms with Gasteiger partial charge in [0.1, 0.15) is 5.82 Å². The van der Waals surface area contributed by atoms with Gasteiger partial charge in [-0.05, 0) is 56.0 Å². The smallest absolute Gasteiger partial charge is 0.329 e. The van der Waals surface area contributed by atoms with Gasteiger partial charge in [0, 0.05) is 23.8 Å². The molecule has 0 radical (unpaired) electrons. The van der Waals surface area contributed by atoms with E-state index in [9.17, 15) is 9.59 Å². The highest BCUT2D eigenvalue weighted by Crippen LogP contribution is 2.45. The SMILES string of the molecule is C=Cc1c(-c2cc[nH]c2N)n(C2CCC(CNC3CC3(C)C)CC2)c(=O)[nH]c1=O. The summed E-state index contributed by atoms with van der Waals surface area (Å²) in [6.07, 6.45) is 8.39. The van der Waals surface area contributed by atoms with Crippen LogP contribution < -0.4 is 22.3 Å². The number of aromatic nitrogens is 3. The molecule has 4 rings (SSSR count). The lowest BCUT2D eigenvalue weighted by atomic mass is 9.85. The van der Waals surface area contributed by atoms with Crippen LogP contribution in [-0.2, 0) is 0 Å². The highest BCUT2D eigenvalue weighted by Gasteiger charge is 2.45. The van der Waals surface area contributed by atoms with Crippen molar-refractivity contribution in [2.24, 2.45) is 11.3 Å². The average Bonchev–Trinajstić information content (AvgIpc) is 3.07. The van der Waals surface area contributed by atoms with Crippen LogP contribution in [0.15, 0.2) is 28.4 Å². The van der Waals surface area contributed by atoms with Crippen molar-refractivity contribution in [2.75, 3.05) is 12.3 Å². The first-order chi connectivity index (χ1) is 13.8. The highest BCUT2D eigenvalue weighted by molar-refractivity contribution is 5.78. The molecule has 7 nitrogen and oxygen atoms in total. The molecule has 0 aromatic carbocycles. The summed E-state index contributed by atoms with van der Waals surface area (Å²) in [5, 5.41) is 3.70. The second-order valence-corrected chi connectivity index (χ2v) is 9.23. The lowest BCUT2D eigenvalue weighted by Crippen LogP contribution is -2.37. The summed E-state index contributed by atoms with van der Waals surface area (Å²) in [5.41, 5.74) is 7.34. The minimum atomic E-state index is -0.429. The largest absolute Gasteiger partial charge is 0.385 e. The molecule has 0 aliphatic heterocycles. The molecule has 2 aliphatic rings.